The summed E-state index contributed by atoms with van der Waals surface area (Å²) in [5, 5.41) is 5.14. The number of nitrogens with one attached hydrogen (secondary N) is 2. The van der Waals surface area contributed by atoms with Crippen molar-refractivity contribution in [3.63, 3.8) is 0 Å². The lowest BCUT2D eigenvalue weighted by Gasteiger charge is -2.29. The molecule has 0 aliphatic carbocycles. The van der Waals surface area contributed by atoms with E-state index in [4.69, 9.17) is 9.47 Å². The summed E-state index contributed by atoms with van der Waals surface area (Å²) < 4.78 is 55.5. The number of alkyl halides is 3. The number of hydrogen-bond acceptors (Lipinski definition) is 11. The highest BCUT2D eigenvalue weighted by atomic mass is 32.1. The number of fused-ring (bicyclic) bond motifs is 2. The second-order valence-electron chi connectivity index (χ2n) is 15.7. The Morgan fingerprint density at radius 1 is 0.967 bits per heavy atom. The second kappa shape index (κ2) is 16.8. The lowest BCUT2D eigenvalue weighted by molar-refractivity contribution is -0.138. The van der Waals surface area contributed by atoms with Gasteiger partial charge in [0.25, 0.3) is 11.8 Å². The maximum Gasteiger partial charge on any atom is 0.417 e. The summed E-state index contributed by atoms with van der Waals surface area (Å²) in [5.74, 6) is -0.735. The first kappa shape index (κ1) is 42.6. The predicted molar refractivity (Wildman–Crippen MR) is 222 cm³/mol. The van der Waals surface area contributed by atoms with Gasteiger partial charge in [-0.05, 0) is 92.9 Å². The highest BCUT2D eigenvalue weighted by Crippen LogP contribution is 2.42. The van der Waals surface area contributed by atoms with Crippen molar-refractivity contribution in [3.8, 4) is 27.4 Å². The van der Waals surface area contributed by atoms with Gasteiger partial charge >= 0.3 is 12.3 Å². The molecule has 0 saturated carbocycles. The zero-order valence-corrected chi connectivity index (χ0v) is 34.7. The molecule has 61 heavy (non-hydrogen) atoms. The Kier molecular flexibility index (Phi) is 11.7. The summed E-state index contributed by atoms with van der Waals surface area (Å²) >= 11 is 1.05. The summed E-state index contributed by atoms with van der Waals surface area (Å²) in [5.41, 5.74) is 0.901. The molecule has 18 heteroatoms. The van der Waals surface area contributed by atoms with Crippen molar-refractivity contribution >= 4 is 62.8 Å². The smallest absolute Gasteiger partial charge is 0.417 e. The SMILES string of the molecule is CN(C)c1ccc(-c2ccc(-c3nc4ccc(N(CCNC(=O)COc5ccc6c(c5)CN(C5CCC(=O)NC5=O)C6=O)C(=O)OC(C)(C)C)cc4s3)c(C(F)(F)F)c2)cn1. The van der Waals surface area contributed by atoms with Crippen LogP contribution in [0.3, 0.4) is 0 Å². The van der Waals surface area contributed by atoms with Gasteiger partial charge in [0.05, 0.1) is 15.8 Å². The van der Waals surface area contributed by atoms with Crippen LogP contribution in [0.2, 0.25) is 0 Å². The number of imide groups is 1. The number of aromatic nitrogens is 2. The topological polar surface area (TPSA) is 163 Å². The van der Waals surface area contributed by atoms with Crippen molar-refractivity contribution in [2.45, 2.75) is 58.0 Å². The Hall–Kier alpha value is -6.56. The number of nitrogens with zero attached hydrogens (tertiary/aromatic N) is 5. The molecule has 0 bridgehead atoms. The van der Waals surface area contributed by atoms with Crippen molar-refractivity contribution < 1.29 is 46.6 Å². The van der Waals surface area contributed by atoms with E-state index in [1.807, 2.05) is 14.1 Å². The minimum absolute atomic E-state index is 0.0122. The lowest BCUT2D eigenvalue weighted by atomic mass is 10.00. The first-order chi connectivity index (χ1) is 28.8. The normalized spacial score (nSPS) is 15.4. The molecule has 318 valence electrons. The molecule has 1 fully saturated rings. The van der Waals surface area contributed by atoms with Gasteiger partial charge < -0.3 is 24.6 Å². The molecular weight excluding hydrogens is 816 g/mol. The van der Waals surface area contributed by atoms with Crippen LogP contribution in [0.1, 0.15) is 55.1 Å². The summed E-state index contributed by atoms with van der Waals surface area (Å²) in [6.07, 6.45) is -3.49. The van der Waals surface area contributed by atoms with Crippen LogP contribution >= 0.6 is 11.3 Å². The highest BCUT2D eigenvalue weighted by Gasteiger charge is 2.39. The number of halogens is 3. The average Bonchev–Trinajstić information content (AvgIpc) is 3.77. The maximum atomic E-state index is 14.5. The van der Waals surface area contributed by atoms with Gasteiger partial charge in [0.2, 0.25) is 11.8 Å². The Balaban J connectivity index is 1.03. The Labute approximate surface area is 352 Å². The number of hydrogen-bond donors (Lipinski definition) is 2. The lowest BCUT2D eigenvalue weighted by Crippen LogP contribution is -2.52. The third-order valence-electron chi connectivity index (χ3n) is 9.91. The fourth-order valence-electron chi connectivity index (χ4n) is 6.95. The molecule has 4 heterocycles. The standard InChI is InChI=1S/C43H42F3N7O7S/c1-42(2,3)60-41(58)52(17-16-47-37(55)23-59-28-9-11-29-26(18-28)22-53(40(29)57)33-13-15-36(54)50-38(33)56)27-8-12-32-34(20-27)61-39(49-32)30-10-6-24(19-31(30)43(44,45)46)25-7-14-35(48-21-25)51(4)5/h6-12,14,18-21,33H,13,15-17,22-23H2,1-5H3,(H,47,55)(H,50,54,56). The van der Waals surface area contributed by atoms with Crippen molar-refractivity contribution in [2.24, 2.45) is 0 Å². The van der Waals surface area contributed by atoms with Gasteiger partial charge in [0.1, 0.15) is 28.2 Å². The van der Waals surface area contributed by atoms with Crippen LogP contribution in [-0.4, -0.2) is 90.0 Å². The van der Waals surface area contributed by atoms with Crippen molar-refractivity contribution in [1.29, 1.82) is 0 Å². The molecule has 3 aromatic carbocycles. The number of benzene rings is 3. The number of ether oxygens (including phenoxy) is 2. The molecule has 5 amide bonds. The van der Waals surface area contributed by atoms with Crippen LogP contribution in [0.25, 0.3) is 31.9 Å². The largest absolute Gasteiger partial charge is 0.484 e. The fourth-order valence-corrected chi connectivity index (χ4v) is 7.99. The van der Waals surface area contributed by atoms with Gasteiger partial charge in [-0.3, -0.25) is 29.4 Å². The number of carbonyl (C=O) groups excluding carboxylic acids is 5. The number of pyridine rings is 1. The fraction of sp³-hybridized carbons (Fsp3) is 0.326. The van der Waals surface area contributed by atoms with Crippen LogP contribution in [0, 0.1) is 0 Å². The zero-order chi connectivity index (χ0) is 43.8. The number of carbonyl (C=O) groups is 5. The number of amides is 5. The van der Waals surface area contributed by atoms with E-state index >= 15 is 0 Å². The maximum absolute atomic E-state index is 14.5. The summed E-state index contributed by atoms with van der Waals surface area (Å²) in [4.78, 5) is 76.8. The summed E-state index contributed by atoms with van der Waals surface area (Å²) in [6, 6.07) is 16.4. The van der Waals surface area contributed by atoms with Gasteiger partial charge in [-0.2, -0.15) is 13.2 Å². The summed E-state index contributed by atoms with van der Waals surface area (Å²) in [6.45, 7) is 4.85. The van der Waals surface area contributed by atoms with Crippen LogP contribution in [0.4, 0.5) is 29.5 Å². The van der Waals surface area contributed by atoms with E-state index in [0.29, 0.717) is 49.7 Å². The third-order valence-corrected chi connectivity index (χ3v) is 11.0. The van der Waals surface area contributed by atoms with Crippen LogP contribution in [0.5, 0.6) is 5.75 Å². The minimum atomic E-state index is -4.68. The second-order valence-corrected chi connectivity index (χ2v) is 16.7. The quantitative estimate of drug-likeness (QED) is 0.135. The van der Waals surface area contributed by atoms with Crippen LogP contribution in [-0.2, 0) is 31.8 Å². The molecule has 7 rings (SSSR count). The van der Waals surface area contributed by atoms with Crippen LogP contribution < -0.4 is 25.2 Å². The Morgan fingerprint density at radius 2 is 1.72 bits per heavy atom. The van der Waals surface area contributed by atoms with Gasteiger partial charge in [0, 0.05) is 68.7 Å². The van der Waals surface area contributed by atoms with Gasteiger partial charge in [-0.1, -0.05) is 12.1 Å². The molecule has 0 spiro atoms. The molecule has 2 aromatic heterocycles. The van der Waals surface area contributed by atoms with E-state index in [1.165, 1.54) is 22.1 Å². The Morgan fingerprint density at radius 3 is 2.41 bits per heavy atom. The molecule has 5 aromatic rings. The van der Waals surface area contributed by atoms with Crippen molar-refractivity contribution in [2.75, 3.05) is 43.6 Å². The van der Waals surface area contributed by atoms with Crippen LogP contribution in [0.15, 0.2) is 72.9 Å². The molecular formula is C43H42F3N7O7S. The molecule has 1 unspecified atom stereocenters. The molecule has 14 nitrogen and oxygen atoms in total. The number of anilines is 2. The molecule has 2 aliphatic rings. The van der Waals surface area contributed by atoms with E-state index < -0.39 is 41.3 Å². The van der Waals surface area contributed by atoms with Crippen molar-refractivity contribution in [1.82, 2.24) is 25.5 Å². The van der Waals surface area contributed by atoms with E-state index in [2.05, 4.69) is 20.6 Å². The van der Waals surface area contributed by atoms with Crippen molar-refractivity contribution in [3.05, 3.63) is 89.6 Å². The van der Waals surface area contributed by atoms with E-state index in [0.717, 1.165) is 17.4 Å². The van der Waals surface area contributed by atoms with Gasteiger partial charge in [-0.25, -0.2) is 14.8 Å². The molecule has 1 saturated heterocycles. The highest BCUT2D eigenvalue weighted by molar-refractivity contribution is 7.21. The minimum Gasteiger partial charge on any atom is -0.484 e. The van der Waals surface area contributed by atoms with Gasteiger partial charge in [0.15, 0.2) is 6.61 Å². The molecule has 0 radical (unpaired) electrons. The van der Waals surface area contributed by atoms with E-state index in [-0.39, 0.29) is 61.5 Å². The van der Waals surface area contributed by atoms with E-state index in [1.54, 1.807) is 80.3 Å². The molecule has 1 atom stereocenters. The average molecular weight is 858 g/mol. The predicted octanol–water partition coefficient (Wildman–Crippen LogP) is 6.81. The van der Waals surface area contributed by atoms with E-state index in [9.17, 15) is 37.1 Å². The third kappa shape index (κ3) is 9.59. The summed E-state index contributed by atoms with van der Waals surface area (Å²) in [7, 11) is 3.64. The number of piperidine rings is 1. The monoisotopic (exact) mass is 857 g/mol. The number of thiazole rings is 1. The first-order valence-corrected chi connectivity index (χ1v) is 20.1. The van der Waals surface area contributed by atoms with Gasteiger partial charge in [-0.15, -0.1) is 11.3 Å². The molecule has 2 N–H and O–H groups in total. The molecule has 2 aliphatic heterocycles. The first-order valence-electron chi connectivity index (χ1n) is 19.3. The Bertz CT molecular complexity index is 2540. The zero-order valence-electron chi connectivity index (χ0n) is 33.9. The number of rotatable bonds is 11.